The molecule has 0 radical (unpaired) electrons. The number of hydrogen-bond acceptors (Lipinski definition) is 4. The van der Waals surface area contributed by atoms with Gasteiger partial charge < -0.3 is 10.1 Å². The number of nitrogens with one attached hydrogen (secondary N) is 1. The van der Waals surface area contributed by atoms with Gasteiger partial charge in [0, 0.05) is 17.7 Å². The van der Waals surface area contributed by atoms with Crippen LogP contribution in [0.5, 0.6) is 0 Å². The van der Waals surface area contributed by atoms with Crippen LogP contribution in [-0.4, -0.2) is 24.3 Å². The highest BCUT2D eigenvalue weighted by molar-refractivity contribution is 6.33. The van der Waals surface area contributed by atoms with Crippen LogP contribution < -0.4 is 5.32 Å². The molecule has 0 spiro atoms. The zero-order valence-electron chi connectivity index (χ0n) is 15.5. The lowest BCUT2D eigenvalue weighted by molar-refractivity contribution is -0.116. The van der Waals surface area contributed by atoms with Crippen molar-refractivity contribution in [3.05, 3.63) is 64.4 Å². The van der Waals surface area contributed by atoms with E-state index in [0.29, 0.717) is 17.7 Å². The summed E-state index contributed by atoms with van der Waals surface area (Å²) in [5.74, 6) is -2.36. The van der Waals surface area contributed by atoms with E-state index < -0.39 is 29.7 Å². The van der Waals surface area contributed by atoms with Crippen LogP contribution in [0.1, 0.15) is 53.3 Å². The molecule has 0 aromatic heterocycles. The average molecular weight is 406 g/mol. The van der Waals surface area contributed by atoms with Gasteiger partial charge in [-0.1, -0.05) is 37.4 Å². The van der Waals surface area contributed by atoms with Crippen LogP contribution >= 0.6 is 11.6 Å². The molecule has 0 aliphatic carbocycles. The highest BCUT2D eigenvalue weighted by Crippen LogP contribution is 2.20. The smallest absolute Gasteiger partial charge is 0.343 e. The molecule has 148 valence electrons. The second-order valence-corrected chi connectivity index (χ2v) is 6.59. The van der Waals surface area contributed by atoms with Crippen molar-refractivity contribution in [1.29, 1.82) is 0 Å². The molecule has 0 bridgehead atoms. The molecule has 0 aliphatic heterocycles. The molecular weight excluding hydrogens is 385 g/mol. The van der Waals surface area contributed by atoms with Gasteiger partial charge in [0.05, 0.1) is 5.02 Å². The maximum Gasteiger partial charge on any atom is 0.343 e. The van der Waals surface area contributed by atoms with E-state index in [4.69, 9.17) is 16.3 Å². The number of ketones is 1. The van der Waals surface area contributed by atoms with E-state index in [2.05, 4.69) is 12.2 Å². The normalized spacial score (nSPS) is 10.4. The predicted octanol–water partition coefficient (Wildman–Crippen LogP) is 5.04. The molecule has 2 rings (SSSR count). The molecule has 0 saturated heterocycles. The number of Topliss-reactive ketones (excluding diaryl/α,β-unsaturated/α-hetero) is 1. The van der Waals surface area contributed by atoms with E-state index in [1.807, 2.05) is 0 Å². The quantitative estimate of drug-likeness (QED) is 0.360. The second kappa shape index (κ2) is 10.6. The molecule has 5 nitrogen and oxygen atoms in total. The zero-order valence-corrected chi connectivity index (χ0v) is 16.2. The lowest BCUT2D eigenvalue weighted by Crippen LogP contribution is -2.16. The summed E-state index contributed by atoms with van der Waals surface area (Å²) in [5, 5.41) is 2.67. The molecular formula is C21H21ClFNO4. The summed E-state index contributed by atoms with van der Waals surface area (Å²) in [6.07, 6.45) is 3.31. The van der Waals surface area contributed by atoms with Gasteiger partial charge in [0.2, 0.25) is 5.91 Å². The molecule has 2 aromatic rings. The number of hydrogen-bond donors (Lipinski definition) is 1. The Morgan fingerprint density at radius 1 is 1.07 bits per heavy atom. The molecule has 0 heterocycles. The molecule has 28 heavy (non-hydrogen) atoms. The first-order valence-electron chi connectivity index (χ1n) is 8.96. The van der Waals surface area contributed by atoms with Crippen molar-refractivity contribution in [2.24, 2.45) is 0 Å². The lowest BCUT2D eigenvalue weighted by Gasteiger charge is -2.08. The summed E-state index contributed by atoms with van der Waals surface area (Å²) in [6.45, 7) is 1.52. The number of carbonyl (C=O) groups excluding carboxylic acids is 3. The van der Waals surface area contributed by atoms with Gasteiger partial charge in [0.1, 0.15) is 11.4 Å². The molecule has 0 aliphatic rings. The van der Waals surface area contributed by atoms with E-state index in [9.17, 15) is 18.8 Å². The summed E-state index contributed by atoms with van der Waals surface area (Å²) < 4.78 is 18.6. The number of rotatable bonds is 9. The number of halogens is 2. The molecule has 1 amide bonds. The van der Waals surface area contributed by atoms with Crippen LogP contribution in [0.3, 0.4) is 0 Å². The third-order valence-corrected chi connectivity index (χ3v) is 4.31. The van der Waals surface area contributed by atoms with Crippen molar-refractivity contribution >= 4 is 34.9 Å². The van der Waals surface area contributed by atoms with Crippen molar-refractivity contribution < 1.29 is 23.5 Å². The standard InChI is InChI=1S/C21H21ClFNO4/c1-2-3-4-8-19(26)24-15-11-9-14(10-12-15)18(25)13-28-21(27)20-16(22)6-5-7-17(20)23/h5-7,9-12H,2-4,8,13H2,1H3,(H,24,26). The molecule has 0 atom stereocenters. The Hall–Kier alpha value is -2.73. The first-order valence-corrected chi connectivity index (χ1v) is 9.34. The first kappa shape index (κ1) is 21.6. The predicted molar refractivity (Wildman–Crippen MR) is 105 cm³/mol. The van der Waals surface area contributed by atoms with Gasteiger partial charge in [-0.3, -0.25) is 9.59 Å². The summed E-state index contributed by atoms with van der Waals surface area (Å²) in [4.78, 5) is 35.9. The summed E-state index contributed by atoms with van der Waals surface area (Å²) in [7, 11) is 0. The van der Waals surface area contributed by atoms with E-state index >= 15 is 0 Å². The second-order valence-electron chi connectivity index (χ2n) is 6.18. The van der Waals surface area contributed by atoms with Crippen molar-refractivity contribution in [3.63, 3.8) is 0 Å². The molecule has 0 saturated carbocycles. The van der Waals surface area contributed by atoms with Crippen molar-refractivity contribution in [2.45, 2.75) is 32.6 Å². The van der Waals surface area contributed by atoms with Gasteiger partial charge in [-0.15, -0.1) is 0 Å². The van der Waals surface area contributed by atoms with Crippen LogP contribution in [-0.2, 0) is 9.53 Å². The SMILES string of the molecule is CCCCCC(=O)Nc1ccc(C(=O)COC(=O)c2c(F)cccc2Cl)cc1. The highest BCUT2D eigenvalue weighted by Gasteiger charge is 2.18. The number of esters is 1. The van der Waals surface area contributed by atoms with Crippen LogP contribution in [0.4, 0.5) is 10.1 Å². The first-order chi connectivity index (χ1) is 13.4. The molecule has 2 aromatic carbocycles. The number of ether oxygens (including phenoxy) is 1. The van der Waals surface area contributed by atoms with E-state index in [1.54, 1.807) is 12.1 Å². The van der Waals surface area contributed by atoms with Crippen LogP contribution in [0.2, 0.25) is 5.02 Å². The van der Waals surface area contributed by atoms with Crippen LogP contribution in [0.25, 0.3) is 0 Å². The lowest BCUT2D eigenvalue weighted by atomic mass is 10.1. The van der Waals surface area contributed by atoms with Gasteiger partial charge in [0.25, 0.3) is 0 Å². The number of anilines is 1. The summed E-state index contributed by atoms with van der Waals surface area (Å²) in [5.41, 5.74) is 0.475. The van der Waals surface area contributed by atoms with Crippen molar-refractivity contribution in [2.75, 3.05) is 11.9 Å². The molecule has 1 N–H and O–H groups in total. The third kappa shape index (κ3) is 6.16. The van der Waals surface area contributed by atoms with Gasteiger partial charge in [0.15, 0.2) is 12.4 Å². The Balaban J connectivity index is 1.89. The van der Waals surface area contributed by atoms with Crippen molar-refractivity contribution in [3.8, 4) is 0 Å². The largest absolute Gasteiger partial charge is 0.454 e. The van der Waals surface area contributed by atoms with Gasteiger partial charge in [-0.2, -0.15) is 0 Å². The van der Waals surface area contributed by atoms with E-state index in [0.717, 1.165) is 25.3 Å². The maximum absolute atomic E-state index is 13.7. The highest BCUT2D eigenvalue weighted by atomic mass is 35.5. The molecule has 0 unspecified atom stereocenters. The zero-order chi connectivity index (χ0) is 20.5. The number of benzene rings is 2. The fourth-order valence-corrected chi connectivity index (χ4v) is 2.72. The summed E-state index contributed by atoms with van der Waals surface area (Å²) >= 11 is 5.80. The Morgan fingerprint density at radius 3 is 2.43 bits per heavy atom. The minimum absolute atomic E-state index is 0.0803. The Labute approximate surface area is 167 Å². The van der Waals surface area contributed by atoms with E-state index in [1.165, 1.54) is 24.3 Å². The topological polar surface area (TPSA) is 72.5 Å². The van der Waals surface area contributed by atoms with Crippen molar-refractivity contribution in [1.82, 2.24) is 0 Å². The van der Waals surface area contributed by atoms with E-state index in [-0.39, 0.29) is 10.9 Å². The fourth-order valence-electron chi connectivity index (χ4n) is 2.48. The minimum atomic E-state index is -1.01. The van der Waals surface area contributed by atoms with Crippen LogP contribution in [0.15, 0.2) is 42.5 Å². The number of unbranched alkanes of at least 4 members (excludes halogenated alkanes) is 2. The number of amides is 1. The third-order valence-electron chi connectivity index (χ3n) is 4.00. The van der Waals surface area contributed by atoms with Gasteiger partial charge in [-0.25, -0.2) is 9.18 Å². The number of carbonyl (C=O) groups is 3. The fraction of sp³-hybridized carbons (Fsp3) is 0.286. The molecule has 7 heteroatoms. The summed E-state index contributed by atoms with van der Waals surface area (Å²) in [6, 6.07) is 10.0. The molecule has 0 fully saturated rings. The minimum Gasteiger partial charge on any atom is -0.454 e. The van der Waals surface area contributed by atoms with Gasteiger partial charge in [-0.05, 0) is 42.8 Å². The maximum atomic E-state index is 13.7. The van der Waals surface area contributed by atoms with Gasteiger partial charge >= 0.3 is 5.97 Å². The Kier molecular flexibility index (Phi) is 8.14. The van der Waals surface area contributed by atoms with Crippen LogP contribution in [0, 0.1) is 5.82 Å². The Bertz CT molecular complexity index is 832. The Morgan fingerprint density at radius 2 is 1.79 bits per heavy atom. The monoisotopic (exact) mass is 405 g/mol. The average Bonchev–Trinajstić information content (AvgIpc) is 2.66.